The van der Waals surface area contributed by atoms with E-state index in [2.05, 4.69) is 29.7 Å². The third-order valence-corrected chi connectivity index (χ3v) is 5.03. The Kier molecular flexibility index (Phi) is 6.69. The van der Waals surface area contributed by atoms with Crippen molar-refractivity contribution in [2.45, 2.75) is 46.2 Å². The second-order valence-corrected chi connectivity index (χ2v) is 7.10. The summed E-state index contributed by atoms with van der Waals surface area (Å²) >= 11 is 0. The minimum absolute atomic E-state index is 0.0427. The number of carbonyl (C=O) groups excluding carboxylic acids is 1. The molecule has 2 aromatic carbocycles. The molecular formula is C23H29N3O2. The van der Waals surface area contributed by atoms with Gasteiger partial charge in [-0.15, -0.1) is 0 Å². The third-order valence-electron chi connectivity index (χ3n) is 5.03. The van der Waals surface area contributed by atoms with Gasteiger partial charge >= 0.3 is 0 Å². The van der Waals surface area contributed by atoms with Gasteiger partial charge < -0.3 is 14.2 Å². The van der Waals surface area contributed by atoms with E-state index in [4.69, 9.17) is 9.72 Å². The molecule has 0 radical (unpaired) electrons. The number of ether oxygens (including phenoxy) is 1. The first-order chi connectivity index (χ1) is 13.6. The summed E-state index contributed by atoms with van der Waals surface area (Å²) in [7, 11) is 1.81. The number of nitrogens with zero attached hydrogens (tertiary/aromatic N) is 3. The van der Waals surface area contributed by atoms with Crippen LogP contribution in [0.15, 0.2) is 48.5 Å². The fourth-order valence-electron chi connectivity index (χ4n) is 3.20. The van der Waals surface area contributed by atoms with Crippen molar-refractivity contribution in [3.8, 4) is 5.75 Å². The second kappa shape index (κ2) is 9.40. The van der Waals surface area contributed by atoms with Gasteiger partial charge in [-0.2, -0.15) is 0 Å². The van der Waals surface area contributed by atoms with Gasteiger partial charge in [0, 0.05) is 20.5 Å². The molecule has 0 spiro atoms. The van der Waals surface area contributed by atoms with Crippen LogP contribution in [0.25, 0.3) is 11.0 Å². The Balaban J connectivity index is 1.58. The first-order valence-corrected chi connectivity index (χ1v) is 9.96. The molecule has 5 nitrogen and oxygen atoms in total. The van der Waals surface area contributed by atoms with E-state index in [1.807, 2.05) is 37.4 Å². The van der Waals surface area contributed by atoms with Crippen LogP contribution in [-0.4, -0.2) is 34.0 Å². The molecule has 1 heterocycles. The zero-order valence-electron chi connectivity index (χ0n) is 17.0. The molecule has 0 saturated carbocycles. The van der Waals surface area contributed by atoms with Gasteiger partial charge in [-0.25, -0.2) is 4.98 Å². The van der Waals surface area contributed by atoms with E-state index in [1.54, 1.807) is 11.8 Å². The molecule has 0 aliphatic carbocycles. The Bertz CT molecular complexity index is 915. The van der Waals surface area contributed by atoms with Crippen LogP contribution in [-0.2, 0) is 24.3 Å². The molecule has 5 heteroatoms. The first kappa shape index (κ1) is 19.9. The summed E-state index contributed by atoms with van der Waals surface area (Å²) in [6, 6.07) is 16.4. The normalized spacial score (nSPS) is 11.0. The number of para-hydroxylation sites is 2. The van der Waals surface area contributed by atoms with Gasteiger partial charge in [0.15, 0.2) is 0 Å². The highest BCUT2D eigenvalue weighted by atomic mass is 16.5. The lowest BCUT2D eigenvalue weighted by molar-refractivity contribution is -0.128. The largest absolute Gasteiger partial charge is 0.494 e. The number of unbranched alkanes of at least 4 members (excludes halogenated alkanes) is 1. The summed E-state index contributed by atoms with van der Waals surface area (Å²) in [5.74, 6) is 1.89. The van der Waals surface area contributed by atoms with Gasteiger partial charge in [0.05, 0.1) is 24.2 Å². The molecule has 3 aromatic rings. The van der Waals surface area contributed by atoms with E-state index in [-0.39, 0.29) is 5.91 Å². The molecule has 1 amide bonds. The molecule has 0 aliphatic rings. The van der Waals surface area contributed by atoms with Crippen molar-refractivity contribution in [3.05, 3.63) is 59.9 Å². The lowest BCUT2D eigenvalue weighted by Gasteiger charge is -2.16. The van der Waals surface area contributed by atoms with E-state index in [0.29, 0.717) is 13.2 Å². The Labute approximate surface area is 166 Å². The van der Waals surface area contributed by atoms with Crippen molar-refractivity contribution in [1.82, 2.24) is 14.5 Å². The van der Waals surface area contributed by atoms with Crippen molar-refractivity contribution >= 4 is 16.9 Å². The standard InChI is InChI=1S/C23H29N3O2/c1-4-19-11-13-20(14-12-19)28-16-8-7-15-26-22-10-6-5-9-21(22)24-23(26)17-25(3)18(2)27/h5-6,9-14H,4,7-8,15-17H2,1-3H3. The lowest BCUT2D eigenvalue weighted by atomic mass is 10.2. The van der Waals surface area contributed by atoms with E-state index in [9.17, 15) is 4.79 Å². The molecule has 148 valence electrons. The predicted octanol–water partition coefficient (Wildman–Crippen LogP) is 4.44. The molecule has 0 aliphatic heterocycles. The van der Waals surface area contributed by atoms with Gasteiger partial charge in [0.25, 0.3) is 0 Å². The van der Waals surface area contributed by atoms with Crippen molar-refractivity contribution in [3.63, 3.8) is 0 Å². The van der Waals surface area contributed by atoms with Crippen molar-refractivity contribution in [2.24, 2.45) is 0 Å². The molecule has 0 fully saturated rings. The average molecular weight is 380 g/mol. The number of aryl methyl sites for hydroxylation is 2. The fraction of sp³-hybridized carbons (Fsp3) is 0.391. The monoisotopic (exact) mass is 379 g/mol. The maximum atomic E-state index is 11.6. The number of carbonyl (C=O) groups is 1. The highest BCUT2D eigenvalue weighted by molar-refractivity contribution is 5.76. The van der Waals surface area contributed by atoms with E-state index >= 15 is 0 Å². The summed E-state index contributed by atoms with van der Waals surface area (Å²) < 4.78 is 8.09. The zero-order valence-corrected chi connectivity index (χ0v) is 17.0. The SMILES string of the molecule is CCc1ccc(OCCCCn2c(CN(C)C(C)=O)nc3ccccc32)cc1. The highest BCUT2D eigenvalue weighted by Gasteiger charge is 2.13. The van der Waals surface area contributed by atoms with Crippen LogP contribution in [0.1, 0.15) is 38.1 Å². The van der Waals surface area contributed by atoms with Crippen molar-refractivity contribution in [1.29, 1.82) is 0 Å². The van der Waals surface area contributed by atoms with Crippen molar-refractivity contribution in [2.75, 3.05) is 13.7 Å². The smallest absolute Gasteiger partial charge is 0.219 e. The van der Waals surface area contributed by atoms with Crippen LogP contribution < -0.4 is 4.74 Å². The Morgan fingerprint density at radius 3 is 2.57 bits per heavy atom. The highest BCUT2D eigenvalue weighted by Crippen LogP contribution is 2.18. The molecule has 1 aromatic heterocycles. The number of benzene rings is 2. The molecule has 0 bridgehead atoms. The number of rotatable bonds is 9. The van der Waals surface area contributed by atoms with Crippen LogP contribution >= 0.6 is 0 Å². The molecule has 0 N–H and O–H groups in total. The number of fused-ring (bicyclic) bond motifs is 1. The second-order valence-electron chi connectivity index (χ2n) is 7.10. The molecule has 28 heavy (non-hydrogen) atoms. The molecule has 0 unspecified atom stereocenters. The number of hydrogen-bond donors (Lipinski definition) is 0. The Hall–Kier alpha value is -2.82. The molecule has 0 saturated heterocycles. The molecule has 0 atom stereocenters. The number of imidazole rings is 1. The molecule has 3 rings (SSSR count). The predicted molar refractivity (Wildman–Crippen MR) is 112 cm³/mol. The van der Waals surface area contributed by atoms with Gasteiger partial charge in [-0.1, -0.05) is 31.2 Å². The van der Waals surface area contributed by atoms with E-state index < -0.39 is 0 Å². The summed E-state index contributed by atoms with van der Waals surface area (Å²) in [5, 5.41) is 0. The Morgan fingerprint density at radius 2 is 1.86 bits per heavy atom. The topological polar surface area (TPSA) is 47.4 Å². The fourth-order valence-corrected chi connectivity index (χ4v) is 3.20. The summed E-state index contributed by atoms with van der Waals surface area (Å²) in [6.07, 6.45) is 2.99. The average Bonchev–Trinajstić information content (AvgIpc) is 3.05. The van der Waals surface area contributed by atoms with Crippen LogP contribution in [0.3, 0.4) is 0 Å². The Morgan fingerprint density at radius 1 is 1.11 bits per heavy atom. The van der Waals surface area contributed by atoms with Gasteiger partial charge in [-0.05, 0) is 49.1 Å². The van der Waals surface area contributed by atoms with Crippen LogP contribution in [0.4, 0.5) is 0 Å². The number of amides is 1. The minimum atomic E-state index is 0.0427. The van der Waals surface area contributed by atoms with Gasteiger partial charge in [0.1, 0.15) is 11.6 Å². The maximum absolute atomic E-state index is 11.6. The number of hydrogen-bond acceptors (Lipinski definition) is 3. The van der Waals surface area contributed by atoms with Crippen LogP contribution in [0.5, 0.6) is 5.75 Å². The number of aromatic nitrogens is 2. The summed E-state index contributed by atoms with van der Waals surface area (Å²) in [5.41, 5.74) is 3.41. The zero-order chi connectivity index (χ0) is 19.9. The van der Waals surface area contributed by atoms with Crippen molar-refractivity contribution < 1.29 is 9.53 Å². The van der Waals surface area contributed by atoms with E-state index in [0.717, 1.165) is 48.4 Å². The van der Waals surface area contributed by atoms with Crippen LogP contribution in [0.2, 0.25) is 0 Å². The maximum Gasteiger partial charge on any atom is 0.219 e. The van der Waals surface area contributed by atoms with E-state index in [1.165, 1.54) is 5.56 Å². The summed E-state index contributed by atoms with van der Waals surface area (Å²) in [6.45, 7) is 5.81. The lowest BCUT2D eigenvalue weighted by Crippen LogP contribution is -2.25. The van der Waals surface area contributed by atoms with Gasteiger partial charge in [-0.3, -0.25) is 4.79 Å². The first-order valence-electron chi connectivity index (χ1n) is 9.96. The minimum Gasteiger partial charge on any atom is -0.494 e. The van der Waals surface area contributed by atoms with Gasteiger partial charge in [0.2, 0.25) is 5.91 Å². The summed E-state index contributed by atoms with van der Waals surface area (Å²) in [4.78, 5) is 18.1. The molecular weight excluding hydrogens is 350 g/mol. The van der Waals surface area contributed by atoms with Crippen LogP contribution in [0, 0.1) is 0 Å². The quantitative estimate of drug-likeness (QED) is 0.517. The third kappa shape index (κ3) is 4.91.